The van der Waals surface area contributed by atoms with Gasteiger partial charge in [0.25, 0.3) is 0 Å². The fraction of sp³-hybridized carbons (Fsp3) is 0.500. The number of carbonyl (C=O) groups is 1. The van der Waals surface area contributed by atoms with E-state index in [1.165, 1.54) is 0 Å². The Kier molecular flexibility index (Phi) is 6.27. The lowest BCUT2D eigenvalue weighted by Gasteiger charge is -2.32. The molecule has 4 nitrogen and oxygen atoms in total. The Morgan fingerprint density at radius 2 is 1.92 bits per heavy atom. The summed E-state index contributed by atoms with van der Waals surface area (Å²) < 4.78 is 27.2. The summed E-state index contributed by atoms with van der Waals surface area (Å²) in [6.07, 6.45) is 3.80. The van der Waals surface area contributed by atoms with Gasteiger partial charge in [-0.3, -0.25) is 0 Å². The third-order valence-electron chi connectivity index (χ3n) is 4.24. The summed E-state index contributed by atoms with van der Waals surface area (Å²) in [5.74, 6) is -1.52. The van der Waals surface area contributed by atoms with E-state index in [9.17, 15) is 13.6 Å². The minimum absolute atomic E-state index is 0.0505. The van der Waals surface area contributed by atoms with Crippen LogP contribution in [0.3, 0.4) is 0 Å². The molecule has 0 spiro atoms. The predicted molar refractivity (Wildman–Crippen MR) is 95.9 cm³/mol. The zero-order valence-electron chi connectivity index (χ0n) is 14.6. The lowest BCUT2D eigenvalue weighted by atomic mass is 9.88. The highest BCUT2D eigenvalue weighted by Gasteiger charge is 2.26. The molecule has 136 valence electrons. The van der Waals surface area contributed by atoms with Gasteiger partial charge in [0.05, 0.1) is 5.52 Å². The van der Waals surface area contributed by atoms with E-state index in [1.807, 2.05) is 6.92 Å². The monoisotopic (exact) mass is 369 g/mol. The Hall–Kier alpha value is -1.82. The number of aromatic nitrogens is 2. The van der Waals surface area contributed by atoms with Crippen molar-refractivity contribution in [2.45, 2.75) is 58.4 Å². The quantitative estimate of drug-likeness (QED) is 0.642. The SMILES string of the molecule is CCCC[C@](C)(CCC(C)=O)Nc1nc(Cl)nc2cc(F)c(F)cc12. The molecule has 1 heterocycles. The van der Waals surface area contributed by atoms with Crippen LogP contribution in [-0.4, -0.2) is 21.3 Å². The highest BCUT2D eigenvalue weighted by Crippen LogP contribution is 2.30. The lowest BCUT2D eigenvalue weighted by Crippen LogP contribution is -2.35. The Bertz CT molecular complexity index is 784. The number of Topliss-reactive ketones (excluding diaryl/α,β-unsaturated/α-hetero) is 1. The maximum Gasteiger partial charge on any atom is 0.224 e. The molecule has 0 saturated carbocycles. The van der Waals surface area contributed by atoms with Crippen LogP contribution in [-0.2, 0) is 4.79 Å². The van der Waals surface area contributed by atoms with Crippen LogP contribution < -0.4 is 5.32 Å². The van der Waals surface area contributed by atoms with Crippen molar-refractivity contribution in [3.05, 3.63) is 29.1 Å². The van der Waals surface area contributed by atoms with Gasteiger partial charge in [0.15, 0.2) is 11.6 Å². The van der Waals surface area contributed by atoms with Crippen LogP contribution in [0.15, 0.2) is 12.1 Å². The fourth-order valence-electron chi connectivity index (χ4n) is 2.75. The Balaban J connectivity index is 2.43. The van der Waals surface area contributed by atoms with Crippen molar-refractivity contribution in [2.75, 3.05) is 5.32 Å². The average Bonchev–Trinajstić information content (AvgIpc) is 2.53. The van der Waals surface area contributed by atoms with Crippen LogP contribution >= 0.6 is 11.6 Å². The minimum Gasteiger partial charge on any atom is -0.364 e. The Morgan fingerprint density at radius 1 is 1.24 bits per heavy atom. The first-order valence-electron chi connectivity index (χ1n) is 8.34. The van der Waals surface area contributed by atoms with Gasteiger partial charge < -0.3 is 10.1 Å². The topological polar surface area (TPSA) is 54.9 Å². The van der Waals surface area contributed by atoms with E-state index in [4.69, 9.17) is 11.6 Å². The van der Waals surface area contributed by atoms with E-state index in [0.717, 1.165) is 31.4 Å². The molecule has 1 aromatic heterocycles. The number of nitrogens with one attached hydrogen (secondary N) is 1. The largest absolute Gasteiger partial charge is 0.364 e. The van der Waals surface area contributed by atoms with Crippen LogP contribution in [0.1, 0.15) is 52.9 Å². The molecular formula is C18H22ClF2N3O. The molecule has 2 aromatic rings. The molecular weight excluding hydrogens is 348 g/mol. The number of benzene rings is 1. The number of fused-ring (bicyclic) bond motifs is 1. The molecule has 0 aliphatic carbocycles. The molecule has 0 bridgehead atoms. The molecule has 25 heavy (non-hydrogen) atoms. The number of anilines is 1. The Labute approximate surface area is 151 Å². The van der Waals surface area contributed by atoms with E-state index in [1.54, 1.807) is 6.92 Å². The molecule has 0 fully saturated rings. The molecule has 0 aliphatic rings. The standard InChI is InChI=1S/C18H22ClF2N3O/c1-4-5-7-18(3,8-6-11(2)25)24-16-12-9-13(20)14(21)10-15(12)22-17(19)23-16/h9-10H,4-8H2,1-3H3,(H,22,23,24)/t18-/m1/s1. The summed E-state index contributed by atoms with van der Waals surface area (Å²) in [5, 5.41) is 3.60. The summed E-state index contributed by atoms with van der Waals surface area (Å²) >= 11 is 5.94. The molecule has 7 heteroatoms. The number of rotatable bonds is 8. The second-order valence-corrected chi connectivity index (χ2v) is 6.95. The summed E-state index contributed by atoms with van der Waals surface area (Å²) in [4.78, 5) is 19.5. The number of nitrogens with zero attached hydrogens (tertiary/aromatic N) is 2. The molecule has 1 aromatic carbocycles. The van der Waals surface area contributed by atoms with Crippen LogP contribution in [0.4, 0.5) is 14.6 Å². The van der Waals surface area contributed by atoms with Gasteiger partial charge in [-0.05, 0) is 44.4 Å². The first-order valence-corrected chi connectivity index (χ1v) is 8.72. The number of hydrogen-bond donors (Lipinski definition) is 1. The fourth-order valence-corrected chi connectivity index (χ4v) is 2.92. The maximum absolute atomic E-state index is 13.7. The van der Waals surface area contributed by atoms with Gasteiger partial charge in [-0.2, -0.15) is 0 Å². The summed E-state index contributed by atoms with van der Waals surface area (Å²) in [5.41, 5.74) is -0.192. The van der Waals surface area contributed by atoms with Gasteiger partial charge in [-0.25, -0.2) is 18.7 Å². The second-order valence-electron chi connectivity index (χ2n) is 6.62. The second kappa shape index (κ2) is 8.04. The van der Waals surface area contributed by atoms with Gasteiger partial charge in [-0.1, -0.05) is 19.8 Å². The first kappa shape index (κ1) is 19.5. The molecule has 0 saturated heterocycles. The molecule has 1 atom stereocenters. The highest BCUT2D eigenvalue weighted by molar-refractivity contribution is 6.28. The lowest BCUT2D eigenvalue weighted by molar-refractivity contribution is -0.117. The van der Waals surface area contributed by atoms with Crippen LogP contribution in [0.25, 0.3) is 10.9 Å². The third-order valence-corrected chi connectivity index (χ3v) is 4.41. The third kappa shape index (κ3) is 5.08. The van der Waals surface area contributed by atoms with E-state index in [-0.39, 0.29) is 16.6 Å². The molecule has 0 amide bonds. The van der Waals surface area contributed by atoms with Gasteiger partial charge >= 0.3 is 0 Å². The molecule has 1 N–H and O–H groups in total. The molecule has 0 aliphatic heterocycles. The minimum atomic E-state index is -0.987. The van der Waals surface area contributed by atoms with Crippen LogP contribution in [0.2, 0.25) is 5.28 Å². The highest BCUT2D eigenvalue weighted by atomic mass is 35.5. The zero-order chi connectivity index (χ0) is 18.6. The van der Waals surface area contributed by atoms with Crippen molar-refractivity contribution in [1.82, 2.24) is 9.97 Å². The van der Waals surface area contributed by atoms with E-state index >= 15 is 0 Å². The summed E-state index contributed by atoms with van der Waals surface area (Å²) in [7, 11) is 0. The van der Waals surface area contributed by atoms with Crippen molar-refractivity contribution < 1.29 is 13.6 Å². The smallest absolute Gasteiger partial charge is 0.224 e. The Morgan fingerprint density at radius 3 is 2.56 bits per heavy atom. The van der Waals surface area contributed by atoms with Gasteiger partial charge in [0, 0.05) is 23.4 Å². The first-order chi connectivity index (χ1) is 11.7. The van der Waals surface area contributed by atoms with E-state index in [2.05, 4.69) is 22.2 Å². The van der Waals surface area contributed by atoms with Crippen molar-refractivity contribution in [3.63, 3.8) is 0 Å². The number of halogens is 3. The van der Waals surface area contributed by atoms with Crippen LogP contribution in [0.5, 0.6) is 0 Å². The van der Waals surface area contributed by atoms with E-state index in [0.29, 0.717) is 24.0 Å². The zero-order valence-corrected chi connectivity index (χ0v) is 15.4. The van der Waals surface area contributed by atoms with Crippen LogP contribution in [0, 0.1) is 11.6 Å². The molecule has 0 unspecified atom stereocenters. The number of carbonyl (C=O) groups excluding carboxylic acids is 1. The summed E-state index contributed by atoms with van der Waals surface area (Å²) in [6, 6.07) is 2.07. The van der Waals surface area contributed by atoms with E-state index < -0.39 is 17.2 Å². The summed E-state index contributed by atoms with van der Waals surface area (Å²) in [6.45, 7) is 5.63. The normalized spacial score (nSPS) is 13.7. The molecule has 0 radical (unpaired) electrons. The van der Waals surface area contributed by atoms with Crippen molar-refractivity contribution in [2.24, 2.45) is 0 Å². The average molecular weight is 370 g/mol. The van der Waals surface area contributed by atoms with Gasteiger partial charge in [0.2, 0.25) is 5.28 Å². The number of ketones is 1. The predicted octanol–water partition coefficient (Wildman–Crippen LogP) is 5.29. The van der Waals surface area contributed by atoms with Gasteiger partial charge in [-0.15, -0.1) is 0 Å². The maximum atomic E-state index is 13.7. The van der Waals surface area contributed by atoms with Crippen molar-refractivity contribution in [1.29, 1.82) is 0 Å². The van der Waals surface area contributed by atoms with Gasteiger partial charge in [0.1, 0.15) is 11.6 Å². The molecule has 2 rings (SSSR count). The van der Waals surface area contributed by atoms with Crippen molar-refractivity contribution >= 4 is 34.1 Å². The number of unbranched alkanes of at least 4 members (excludes halogenated alkanes) is 1. The van der Waals surface area contributed by atoms with Crippen molar-refractivity contribution in [3.8, 4) is 0 Å². The number of hydrogen-bond acceptors (Lipinski definition) is 4.